The second-order valence-electron chi connectivity index (χ2n) is 8.33. The number of nitrogens with one attached hydrogen (secondary N) is 2. The minimum Gasteiger partial charge on any atom is -0.453 e. The third-order valence-electron chi connectivity index (χ3n) is 5.45. The van der Waals surface area contributed by atoms with Crippen LogP contribution in [0.25, 0.3) is 0 Å². The molecular formula is C24H28F2N4O8. The van der Waals surface area contributed by atoms with Crippen molar-refractivity contribution in [2.24, 2.45) is 0 Å². The number of halogens is 2. The largest absolute Gasteiger partial charge is 0.453 e. The zero-order valence-corrected chi connectivity index (χ0v) is 20.5. The number of aliphatic hydroxyl groups is 1. The molecule has 14 heteroatoms. The molecule has 12 nitrogen and oxygen atoms in total. The second kappa shape index (κ2) is 13.1. The van der Waals surface area contributed by atoms with Gasteiger partial charge in [-0.05, 0) is 24.6 Å². The minimum atomic E-state index is -3.95. The van der Waals surface area contributed by atoms with Crippen molar-refractivity contribution in [3.63, 3.8) is 0 Å². The quantitative estimate of drug-likeness (QED) is 0.289. The normalized spacial score (nSPS) is 19.9. The van der Waals surface area contributed by atoms with Gasteiger partial charge >= 0.3 is 23.7 Å². The lowest BCUT2D eigenvalue weighted by Crippen LogP contribution is -2.44. The molecule has 1 aliphatic heterocycles. The Kier molecular flexibility index (Phi) is 9.85. The number of nitrogens with zero attached hydrogens (tertiary/aromatic N) is 2. The maximum absolute atomic E-state index is 15.2. The van der Waals surface area contributed by atoms with E-state index in [0.29, 0.717) is 16.7 Å². The maximum Gasteiger partial charge on any atom is 0.412 e. The number of amides is 2. The van der Waals surface area contributed by atoms with Crippen molar-refractivity contribution in [3.8, 4) is 0 Å². The molecule has 1 aliphatic rings. The number of rotatable bonds is 11. The van der Waals surface area contributed by atoms with Gasteiger partial charge in [0.2, 0.25) is 12.1 Å². The number of hydrogen-bond acceptors (Lipinski definition) is 9. The average Bonchev–Trinajstić information content (AvgIpc) is 3.13. The lowest BCUT2D eigenvalue weighted by atomic mass is 10.1. The molecule has 3 N–H and O–H groups in total. The van der Waals surface area contributed by atoms with Crippen LogP contribution in [0.1, 0.15) is 38.8 Å². The second-order valence-corrected chi connectivity index (χ2v) is 8.33. The molecule has 0 unspecified atom stereocenters. The summed E-state index contributed by atoms with van der Waals surface area (Å²) >= 11 is 0. The molecule has 2 amide bonds. The summed E-state index contributed by atoms with van der Waals surface area (Å²) in [6.07, 6.45) is -5.51. The molecule has 0 radical (unpaired) electrons. The standard InChI is InChI=1S/C24H28F2N4O8/c1-2-3-13-36-23(35)29-17-11-12-30(22(34)28-17)21-24(25,26)20(16(14-31)37-21)38-19(33)10-9-18(32)27-15-7-5-4-6-8-15/h4-8,11-12,16,20-21,31H,2-3,9-10,13-14H2,1H3,(H,27,32)(H,28,29,34,35)/t16-,20-,21-/m1/s1. The Morgan fingerprint density at radius 1 is 1.16 bits per heavy atom. The molecule has 0 spiro atoms. The van der Waals surface area contributed by atoms with E-state index in [-0.39, 0.29) is 18.8 Å². The molecule has 38 heavy (non-hydrogen) atoms. The van der Waals surface area contributed by atoms with Crippen molar-refractivity contribution in [2.45, 2.75) is 57.0 Å². The first kappa shape index (κ1) is 28.7. The van der Waals surface area contributed by atoms with Gasteiger partial charge in [-0.15, -0.1) is 0 Å². The van der Waals surface area contributed by atoms with E-state index < -0.39 is 61.0 Å². The summed E-state index contributed by atoms with van der Waals surface area (Å²) in [5.74, 6) is -5.83. The number of carbonyl (C=O) groups excluding carboxylic acids is 3. The predicted molar refractivity (Wildman–Crippen MR) is 129 cm³/mol. The van der Waals surface area contributed by atoms with Crippen molar-refractivity contribution in [3.05, 3.63) is 53.1 Å². The van der Waals surface area contributed by atoms with Gasteiger partial charge in [0, 0.05) is 18.3 Å². The van der Waals surface area contributed by atoms with Crippen LogP contribution in [0.2, 0.25) is 0 Å². The molecule has 0 saturated carbocycles. The molecule has 2 aromatic rings. The third kappa shape index (κ3) is 7.32. The van der Waals surface area contributed by atoms with Gasteiger partial charge in [0.15, 0.2) is 6.10 Å². The molecule has 3 rings (SSSR count). The number of unbranched alkanes of at least 4 members (excludes halogenated alkanes) is 1. The number of esters is 1. The fraction of sp³-hybridized carbons (Fsp3) is 0.458. The van der Waals surface area contributed by atoms with E-state index in [2.05, 4.69) is 15.6 Å². The molecular weight excluding hydrogens is 510 g/mol. The third-order valence-corrected chi connectivity index (χ3v) is 5.45. The van der Waals surface area contributed by atoms with Crippen molar-refractivity contribution in [1.82, 2.24) is 9.55 Å². The van der Waals surface area contributed by atoms with Crippen LogP contribution < -0.4 is 16.3 Å². The van der Waals surface area contributed by atoms with E-state index in [9.17, 15) is 24.3 Å². The van der Waals surface area contributed by atoms with E-state index in [1.165, 1.54) is 0 Å². The summed E-state index contributed by atoms with van der Waals surface area (Å²) in [5, 5.41) is 14.3. The first-order chi connectivity index (χ1) is 18.1. The number of hydrogen-bond donors (Lipinski definition) is 3. The Hall–Kier alpha value is -3.91. The van der Waals surface area contributed by atoms with Crippen LogP contribution in [0.3, 0.4) is 0 Å². The molecule has 3 atom stereocenters. The van der Waals surface area contributed by atoms with Crippen LogP contribution in [0, 0.1) is 0 Å². The lowest BCUT2D eigenvalue weighted by molar-refractivity contribution is -0.176. The van der Waals surface area contributed by atoms with Gasteiger partial charge in [-0.1, -0.05) is 31.5 Å². The van der Waals surface area contributed by atoms with E-state index in [1.54, 1.807) is 30.3 Å². The number of para-hydroxylation sites is 1. The zero-order valence-electron chi connectivity index (χ0n) is 20.5. The Labute approximate surface area is 215 Å². The van der Waals surface area contributed by atoms with Crippen molar-refractivity contribution < 1.29 is 42.5 Å². The van der Waals surface area contributed by atoms with E-state index in [4.69, 9.17) is 14.2 Å². The highest BCUT2D eigenvalue weighted by Gasteiger charge is 2.62. The Balaban J connectivity index is 1.62. The summed E-state index contributed by atoms with van der Waals surface area (Å²) < 4.78 is 45.9. The van der Waals surface area contributed by atoms with Crippen molar-refractivity contribution in [1.29, 1.82) is 0 Å². The van der Waals surface area contributed by atoms with Gasteiger partial charge in [0.1, 0.15) is 11.9 Å². The van der Waals surface area contributed by atoms with Crippen molar-refractivity contribution in [2.75, 3.05) is 23.8 Å². The molecule has 206 valence electrons. The number of benzene rings is 1. The van der Waals surface area contributed by atoms with Gasteiger partial charge < -0.3 is 24.6 Å². The Morgan fingerprint density at radius 3 is 2.55 bits per heavy atom. The highest BCUT2D eigenvalue weighted by atomic mass is 19.3. The number of aliphatic hydroxyl groups excluding tert-OH is 1. The summed E-state index contributed by atoms with van der Waals surface area (Å²) in [7, 11) is 0. The van der Waals surface area contributed by atoms with Crippen LogP contribution in [0.15, 0.2) is 47.4 Å². The molecule has 1 aromatic carbocycles. The van der Waals surface area contributed by atoms with Crippen LogP contribution in [0.4, 0.5) is 25.1 Å². The summed E-state index contributed by atoms with van der Waals surface area (Å²) in [6, 6.07) is 9.51. The van der Waals surface area contributed by atoms with Crippen LogP contribution in [-0.4, -0.2) is 64.0 Å². The summed E-state index contributed by atoms with van der Waals surface area (Å²) in [6.45, 7) is 1.12. The highest BCUT2D eigenvalue weighted by molar-refractivity contribution is 5.92. The Morgan fingerprint density at radius 2 is 1.89 bits per heavy atom. The summed E-state index contributed by atoms with van der Waals surface area (Å²) in [5.41, 5.74) is -0.694. The molecule has 1 fully saturated rings. The van der Waals surface area contributed by atoms with Crippen molar-refractivity contribution >= 4 is 29.5 Å². The fourth-order valence-electron chi connectivity index (χ4n) is 3.53. The summed E-state index contributed by atoms with van der Waals surface area (Å²) in [4.78, 5) is 52.0. The Bertz CT molecular complexity index is 1180. The molecule has 0 bridgehead atoms. The minimum absolute atomic E-state index is 0.155. The molecule has 1 aromatic heterocycles. The van der Waals surface area contributed by atoms with Gasteiger partial charge in [-0.25, -0.2) is 9.59 Å². The number of alkyl halides is 2. The predicted octanol–water partition coefficient (Wildman–Crippen LogP) is 2.45. The van der Waals surface area contributed by atoms with Gasteiger partial charge in [0.25, 0.3) is 0 Å². The number of ether oxygens (including phenoxy) is 3. The van der Waals surface area contributed by atoms with Gasteiger partial charge in [-0.3, -0.25) is 19.5 Å². The molecule has 0 aliphatic carbocycles. The average molecular weight is 539 g/mol. The maximum atomic E-state index is 15.2. The smallest absolute Gasteiger partial charge is 0.412 e. The van der Waals surface area contributed by atoms with Gasteiger partial charge in [0.05, 0.1) is 19.6 Å². The van der Waals surface area contributed by atoms with E-state index in [1.807, 2.05) is 6.92 Å². The van der Waals surface area contributed by atoms with Crippen LogP contribution >= 0.6 is 0 Å². The van der Waals surface area contributed by atoms with Crippen LogP contribution in [-0.2, 0) is 23.8 Å². The number of aromatic nitrogens is 2. The van der Waals surface area contributed by atoms with E-state index in [0.717, 1.165) is 18.7 Å². The topological polar surface area (TPSA) is 158 Å². The molecule has 2 heterocycles. The first-order valence-electron chi connectivity index (χ1n) is 11.9. The zero-order chi connectivity index (χ0) is 27.7. The number of carbonyl (C=O) groups is 3. The van der Waals surface area contributed by atoms with Gasteiger partial charge in [-0.2, -0.15) is 13.8 Å². The van der Waals surface area contributed by atoms with E-state index >= 15 is 8.78 Å². The van der Waals surface area contributed by atoms with Crippen LogP contribution in [0.5, 0.6) is 0 Å². The first-order valence-corrected chi connectivity index (χ1v) is 11.9. The highest BCUT2D eigenvalue weighted by Crippen LogP contribution is 2.44. The monoisotopic (exact) mass is 538 g/mol. The SMILES string of the molecule is CCCCOC(=O)Nc1ccn([C@@H]2O[C@H](CO)[C@@H](OC(=O)CCC(=O)Nc3ccccc3)C2(F)F)c(=O)n1. The fourth-order valence-corrected chi connectivity index (χ4v) is 3.53. The molecule has 1 saturated heterocycles. The number of anilines is 2. The lowest BCUT2D eigenvalue weighted by Gasteiger charge is -2.24.